The van der Waals surface area contributed by atoms with E-state index in [4.69, 9.17) is 9.47 Å². The molecule has 0 aromatic heterocycles. The Morgan fingerprint density at radius 1 is 1.32 bits per heavy atom. The number of aliphatic hydroxyl groups excluding tert-OH is 1. The molecule has 1 amide bonds. The van der Waals surface area contributed by atoms with E-state index in [1.807, 2.05) is 27.0 Å². The van der Waals surface area contributed by atoms with Crippen LogP contribution in [0.2, 0.25) is 0 Å². The molecule has 0 fully saturated rings. The van der Waals surface area contributed by atoms with Crippen LogP contribution in [0.15, 0.2) is 18.2 Å². The Morgan fingerprint density at radius 2 is 2.00 bits per heavy atom. The molecule has 1 aromatic rings. The number of aliphatic hydroxyl groups is 1. The first-order valence-corrected chi connectivity index (χ1v) is 8.50. The Morgan fingerprint density at radius 3 is 2.50 bits per heavy atom. The van der Waals surface area contributed by atoms with Gasteiger partial charge in [-0.25, -0.2) is 0 Å². The lowest BCUT2D eigenvalue weighted by Crippen LogP contribution is -2.41. The van der Waals surface area contributed by atoms with Crippen LogP contribution >= 0.6 is 11.8 Å². The van der Waals surface area contributed by atoms with Gasteiger partial charge >= 0.3 is 0 Å². The molecule has 0 saturated carbocycles. The number of hydrogen-bond donors (Lipinski definition) is 2. The maximum absolute atomic E-state index is 12.3. The summed E-state index contributed by atoms with van der Waals surface area (Å²) in [6, 6.07) is 4.96. The number of thioether (sulfide) groups is 1. The van der Waals surface area contributed by atoms with Crippen molar-refractivity contribution in [2.45, 2.75) is 38.2 Å². The fourth-order valence-electron chi connectivity index (χ4n) is 1.98. The molecule has 0 aliphatic carbocycles. The molecule has 0 saturated heterocycles. The van der Waals surface area contributed by atoms with E-state index in [9.17, 15) is 9.90 Å². The van der Waals surface area contributed by atoms with Gasteiger partial charge in [0, 0.05) is 16.9 Å². The first-order valence-electron chi connectivity index (χ1n) is 7.22. The normalized spacial score (nSPS) is 13.6. The van der Waals surface area contributed by atoms with Gasteiger partial charge in [0.1, 0.15) is 0 Å². The van der Waals surface area contributed by atoms with Crippen LogP contribution in [0.5, 0.6) is 11.5 Å². The molecule has 6 heteroatoms. The lowest BCUT2D eigenvalue weighted by atomic mass is 10.1. The minimum atomic E-state index is -0.200. The summed E-state index contributed by atoms with van der Waals surface area (Å²) in [5.74, 6) is 0.937. The fraction of sp³-hybridized carbons (Fsp3) is 0.562. The number of rotatable bonds is 8. The summed E-state index contributed by atoms with van der Waals surface area (Å²) in [5.41, 5.74) is 0.498. The van der Waals surface area contributed by atoms with Crippen LogP contribution in [-0.2, 0) is 0 Å². The second-order valence-electron chi connectivity index (χ2n) is 5.25. The maximum atomic E-state index is 12.3. The molecule has 0 unspecified atom stereocenters. The monoisotopic (exact) mass is 327 g/mol. The minimum absolute atomic E-state index is 0.0209. The van der Waals surface area contributed by atoms with Crippen molar-refractivity contribution in [2.75, 3.05) is 20.0 Å². The van der Waals surface area contributed by atoms with Crippen LogP contribution in [-0.4, -0.2) is 48.4 Å². The highest BCUT2D eigenvalue weighted by atomic mass is 32.2. The highest BCUT2D eigenvalue weighted by Gasteiger charge is 2.19. The molecule has 5 nitrogen and oxygen atoms in total. The van der Waals surface area contributed by atoms with Crippen molar-refractivity contribution < 1.29 is 19.4 Å². The van der Waals surface area contributed by atoms with Gasteiger partial charge in [-0.15, -0.1) is 0 Å². The van der Waals surface area contributed by atoms with Crippen molar-refractivity contribution in [3.05, 3.63) is 23.8 Å². The van der Waals surface area contributed by atoms with Gasteiger partial charge in [-0.05, 0) is 45.2 Å². The van der Waals surface area contributed by atoms with Crippen molar-refractivity contribution in [3.8, 4) is 11.5 Å². The average molecular weight is 327 g/mol. The van der Waals surface area contributed by atoms with E-state index >= 15 is 0 Å². The highest BCUT2D eigenvalue weighted by molar-refractivity contribution is 7.99. The Hall–Kier alpha value is -1.40. The SMILES string of the molecule is COc1cc(C(=O)N[C@H](C)[C@H](CO)SC)ccc1OC(C)C. The van der Waals surface area contributed by atoms with Crippen molar-refractivity contribution >= 4 is 17.7 Å². The topological polar surface area (TPSA) is 67.8 Å². The molecule has 2 atom stereocenters. The van der Waals surface area contributed by atoms with Crippen molar-refractivity contribution in [1.29, 1.82) is 0 Å². The quantitative estimate of drug-likeness (QED) is 0.767. The number of nitrogens with one attached hydrogen (secondary N) is 1. The van der Waals surface area contributed by atoms with Crippen LogP contribution in [0.4, 0.5) is 0 Å². The molecule has 1 aromatic carbocycles. The van der Waals surface area contributed by atoms with Gasteiger partial charge in [-0.2, -0.15) is 11.8 Å². The van der Waals surface area contributed by atoms with E-state index < -0.39 is 0 Å². The zero-order valence-corrected chi connectivity index (χ0v) is 14.6. The number of hydrogen-bond acceptors (Lipinski definition) is 5. The van der Waals surface area contributed by atoms with Crippen molar-refractivity contribution in [1.82, 2.24) is 5.32 Å². The molecular formula is C16H25NO4S. The lowest BCUT2D eigenvalue weighted by Gasteiger charge is -2.21. The summed E-state index contributed by atoms with van der Waals surface area (Å²) in [6.07, 6.45) is 1.94. The van der Waals surface area contributed by atoms with E-state index in [0.29, 0.717) is 17.1 Å². The van der Waals surface area contributed by atoms with E-state index in [0.717, 1.165) is 0 Å². The highest BCUT2D eigenvalue weighted by Crippen LogP contribution is 2.29. The third-order valence-corrected chi connectivity index (χ3v) is 4.35. The van der Waals surface area contributed by atoms with E-state index in [-0.39, 0.29) is 29.9 Å². The molecule has 22 heavy (non-hydrogen) atoms. The standard InChI is InChI=1S/C16H25NO4S/c1-10(2)21-13-7-6-12(8-14(13)20-4)16(19)17-11(3)15(9-18)22-5/h6-8,10-11,15,18H,9H2,1-5H3,(H,17,19)/t11-,15+/m1/s1. The summed E-state index contributed by atoms with van der Waals surface area (Å²) < 4.78 is 10.9. The molecule has 124 valence electrons. The summed E-state index contributed by atoms with van der Waals surface area (Å²) in [7, 11) is 1.54. The summed E-state index contributed by atoms with van der Waals surface area (Å²) in [6.45, 7) is 5.76. The van der Waals surface area contributed by atoms with Gasteiger partial charge in [-0.3, -0.25) is 4.79 Å². The van der Waals surface area contributed by atoms with Gasteiger partial charge in [0.2, 0.25) is 0 Å². The molecule has 0 radical (unpaired) electrons. The molecular weight excluding hydrogens is 302 g/mol. The summed E-state index contributed by atoms with van der Waals surface area (Å²) in [5, 5.41) is 12.1. The van der Waals surface area contributed by atoms with Gasteiger partial charge in [0.15, 0.2) is 11.5 Å². The van der Waals surface area contributed by atoms with Gasteiger partial charge in [-0.1, -0.05) is 0 Å². The van der Waals surface area contributed by atoms with E-state index in [2.05, 4.69) is 5.32 Å². The number of benzene rings is 1. The van der Waals surface area contributed by atoms with E-state index in [1.165, 1.54) is 11.8 Å². The zero-order valence-electron chi connectivity index (χ0n) is 13.8. The molecule has 0 heterocycles. The fourth-order valence-corrected chi connectivity index (χ4v) is 2.61. The van der Waals surface area contributed by atoms with Gasteiger partial charge in [0.25, 0.3) is 5.91 Å². The average Bonchev–Trinajstić information content (AvgIpc) is 2.48. The Labute approximate surface area is 136 Å². The molecule has 0 spiro atoms. The molecule has 0 bridgehead atoms. The minimum Gasteiger partial charge on any atom is -0.493 e. The van der Waals surface area contributed by atoms with Crippen LogP contribution in [0.3, 0.4) is 0 Å². The maximum Gasteiger partial charge on any atom is 0.251 e. The Kier molecular flexibility index (Phi) is 7.55. The van der Waals surface area contributed by atoms with Crippen LogP contribution < -0.4 is 14.8 Å². The predicted molar refractivity (Wildman–Crippen MR) is 90.1 cm³/mol. The van der Waals surface area contributed by atoms with Crippen molar-refractivity contribution in [3.63, 3.8) is 0 Å². The first kappa shape index (κ1) is 18.6. The van der Waals surface area contributed by atoms with Crippen molar-refractivity contribution in [2.24, 2.45) is 0 Å². The Bertz CT molecular complexity index is 489. The number of amides is 1. The molecule has 1 rings (SSSR count). The van der Waals surface area contributed by atoms with Crippen LogP contribution in [0.1, 0.15) is 31.1 Å². The zero-order chi connectivity index (χ0) is 16.7. The smallest absolute Gasteiger partial charge is 0.251 e. The molecule has 0 aliphatic rings. The third-order valence-electron chi connectivity index (χ3n) is 3.19. The predicted octanol–water partition coefficient (Wildman–Crippen LogP) is 2.32. The second kappa shape index (κ2) is 8.90. The summed E-state index contributed by atoms with van der Waals surface area (Å²) in [4.78, 5) is 12.3. The largest absolute Gasteiger partial charge is 0.493 e. The molecule has 0 aliphatic heterocycles. The first-order chi connectivity index (χ1) is 10.4. The second-order valence-corrected chi connectivity index (χ2v) is 6.33. The number of carbonyl (C=O) groups excluding carboxylic acids is 1. The van der Waals surface area contributed by atoms with Gasteiger partial charge in [0.05, 0.1) is 19.8 Å². The third kappa shape index (κ3) is 5.10. The van der Waals surface area contributed by atoms with Gasteiger partial charge < -0.3 is 19.9 Å². The number of ether oxygens (including phenoxy) is 2. The number of methoxy groups -OCH3 is 1. The lowest BCUT2D eigenvalue weighted by molar-refractivity contribution is 0.0935. The van der Waals surface area contributed by atoms with Crippen LogP contribution in [0, 0.1) is 0 Å². The summed E-state index contributed by atoms with van der Waals surface area (Å²) >= 11 is 1.52. The van der Waals surface area contributed by atoms with E-state index in [1.54, 1.807) is 25.3 Å². The Balaban J connectivity index is 2.86. The molecule has 2 N–H and O–H groups in total. The van der Waals surface area contributed by atoms with Crippen LogP contribution in [0.25, 0.3) is 0 Å². The number of carbonyl (C=O) groups is 1.